The van der Waals surface area contributed by atoms with E-state index < -0.39 is 0 Å². The molecule has 1 nitrogen and oxygen atoms in total. The number of hydrogen-bond donors (Lipinski definition) is 0. The van der Waals surface area contributed by atoms with Crippen molar-refractivity contribution >= 4 is 17.1 Å². The van der Waals surface area contributed by atoms with E-state index in [-0.39, 0.29) is 10.8 Å². The molecule has 0 radical (unpaired) electrons. The molecule has 0 saturated carbocycles. The molecule has 0 heterocycles. The minimum absolute atomic E-state index is 0.153. The highest BCUT2D eigenvalue weighted by molar-refractivity contribution is 6.02. The fraction of sp³-hybridized carbons (Fsp3) is 0.100. The molecular weight excluding hydrogens is 735 g/mol. The fourth-order valence-corrected chi connectivity index (χ4v) is 10.4. The first-order chi connectivity index (χ1) is 29.8. The van der Waals surface area contributed by atoms with Gasteiger partial charge in [0.1, 0.15) is 0 Å². The molecule has 0 aliphatic heterocycles. The average Bonchev–Trinajstić information content (AvgIpc) is 3.68. The van der Waals surface area contributed by atoms with E-state index in [1.165, 1.54) is 89.0 Å². The Kier molecular flexibility index (Phi) is 8.58. The Morgan fingerprint density at radius 2 is 0.705 bits per heavy atom. The third-order valence-electron chi connectivity index (χ3n) is 13.5. The highest BCUT2D eigenvalue weighted by atomic mass is 15.1. The van der Waals surface area contributed by atoms with Crippen molar-refractivity contribution in [2.75, 3.05) is 4.90 Å². The van der Waals surface area contributed by atoms with Crippen molar-refractivity contribution in [2.45, 2.75) is 38.5 Å². The first-order valence-corrected chi connectivity index (χ1v) is 21.5. The molecule has 0 N–H and O–H groups in total. The van der Waals surface area contributed by atoms with E-state index in [1.54, 1.807) is 0 Å². The Morgan fingerprint density at radius 3 is 1.31 bits per heavy atom. The van der Waals surface area contributed by atoms with E-state index in [2.05, 4.69) is 245 Å². The van der Waals surface area contributed by atoms with Crippen LogP contribution in [0.5, 0.6) is 0 Å². The second kappa shape index (κ2) is 14.2. The van der Waals surface area contributed by atoms with Gasteiger partial charge in [-0.1, -0.05) is 204 Å². The van der Waals surface area contributed by atoms with E-state index >= 15 is 0 Å². The molecule has 0 unspecified atom stereocenters. The summed E-state index contributed by atoms with van der Waals surface area (Å²) < 4.78 is 0. The van der Waals surface area contributed by atoms with E-state index in [4.69, 9.17) is 0 Å². The zero-order valence-corrected chi connectivity index (χ0v) is 35.2. The third kappa shape index (κ3) is 5.91. The van der Waals surface area contributed by atoms with Gasteiger partial charge in [-0.3, -0.25) is 0 Å². The van der Waals surface area contributed by atoms with Gasteiger partial charge in [-0.25, -0.2) is 0 Å². The Balaban J connectivity index is 1.17. The predicted octanol–water partition coefficient (Wildman–Crippen LogP) is 16.4. The van der Waals surface area contributed by atoms with Gasteiger partial charge in [0.05, 0.1) is 5.69 Å². The Hall–Kier alpha value is -7.22. The van der Waals surface area contributed by atoms with Gasteiger partial charge in [-0.2, -0.15) is 0 Å². The molecule has 292 valence electrons. The van der Waals surface area contributed by atoms with Crippen LogP contribution < -0.4 is 4.90 Å². The number of hydrogen-bond acceptors (Lipinski definition) is 1. The molecule has 0 amide bonds. The lowest BCUT2D eigenvalue weighted by Gasteiger charge is -2.32. The van der Waals surface area contributed by atoms with Gasteiger partial charge < -0.3 is 4.90 Å². The van der Waals surface area contributed by atoms with Crippen LogP contribution in [-0.4, -0.2) is 0 Å². The van der Waals surface area contributed by atoms with Gasteiger partial charge in [0.15, 0.2) is 0 Å². The normalized spacial score (nSPS) is 13.8. The van der Waals surface area contributed by atoms with Crippen molar-refractivity contribution in [3.05, 3.63) is 235 Å². The maximum Gasteiger partial charge on any atom is 0.0546 e. The van der Waals surface area contributed by atoms with Crippen molar-refractivity contribution in [1.29, 1.82) is 0 Å². The largest absolute Gasteiger partial charge is 0.310 e. The minimum atomic E-state index is -0.215. The average molecular weight is 782 g/mol. The zero-order chi connectivity index (χ0) is 41.3. The quantitative estimate of drug-likeness (QED) is 0.156. The first-order valence-electron chi connectivity index (χ1n) is 21.5. The summed E-state index contributed by atoms with van der Waals surface area (Å²) in [5.74, 6) is 0. The van der Waals surface area contributed by atoms with Crippen LogP contribution in [0.4, 0.5) is 17.1 Å². The van der Waals surface area contributed by atoms with Crippen molar-refractivity contribution in [1.82, 2.24) is 0 Å². The van der Waals surface area contributed by atoms with Crippen molar-refractivity contribution < 1.29 is 0 Å². The van der Waals surface area contributed by atoms with E-state index in [0.717, 1.165) is 17.1 Å². The molecule has 11 rings (SSSR count). The summed E-state index contributed by atoms with van der Waals surface area (Å²) in [7, 11) is 0. The summed E-state index contributed by atoms with van der Waals surface area (Å²) in [5, 5.41) is 0. The van der Waals surface area contributed by atoms with Crippen LogP contribution in [0, 0.1) is 0 Å². The summed E-state index contributed by atoms with van der Waals surface area (Å²) in [6, 6.07) is 78.6. The monoisotopic (exact) mass is 781 g/mol. The molecule has 2 aliphatic rings. The molecule has 0 atom stereocenters. The van der Waals surface area contributed by atoms with E-state index in [0.29, 0.717) is 0 Å². The molecule has 0 saturated heterocycles. The molecule has 61 heavy (non-hydrogen) atoms. The van der Waals surface area contributed by atoms with Crippen LogP contribution in [0.25, 0.3) is 66.8 Å². The second-order valence-corrected chi connectivity index (χ2v) is 17.7. The van der Waals surface area contributed by atoms with Gasteiger partial charge in [0, 0.05) is 27.8 Å². The van der Waals surface area contributed by atoms with Gasteiger partial charge in [0.25, 0.3) is 0 Å². The standard InChI is InChI=1S/C60H47N/c1-59(2)53-29-17-16-26-48(53)50-35-32-44(38-55(50)59)61(45-33-36-51-49-34-31-43(40-19-8-5-9-20-40)37-54(49)60(3,4)56(51)39-45)57-30-18-28-47(42-23-12-7-13-24-42)58(57)52-27-15-14-25-46(52)41-21-10-6-11-22-41/h5-39H,1-4H3. The van der Waals surface area contributed by atoms with E-state index in [1.807, 2.05) is 0 Å². The molecule has 0 fully saturated rings. The SMILES string of the molecule is CC1(C)c2ccccc2-c2ccc(N(c3ccc4c(c3)C(C)(C)c3cc(-c5ccccc5)ccc3-4)c3cccc(-c4ccccc4)c3-c3ccccc3-c3ccccc3)cc21. The maximum absolute atomic E-state index is 2.54. The van der Waals surface area contributed by atoms with Crippen LogP contribution in [0.2, 0.25) is 0 Å². The van der Waals surface area contributed by atoms with Gasteiger partial charge in [0.2, 0.25) is 0 Å². The van der Waals surface area contributed by atoms with Crippen molar-refractivity contribution in [2.24, 2.45) is 0 Å². The van der Waals surface area contributed by atoms with Gasteiger partial charge in [-0.15, -0.1) is 0 Å². The smallest absolute Gasteiger partial charge is 0.0546 e. The lowest BCUT2D eigenvalue weighted by molar-refractivity contribution is 0.660. The van der Waals surface area contributed by atoms with Crippen LogP contribution in [0.15, 0.2) is 212 Å². The highest BCUT2D eigenvalue weighted by Gasteiger charge is 2.38. The minimum Gasteiger partial charge on any atom is -0.310 e. The van der Waals surface area contributed by atoms with Crippen molar-refractivity contribution in [3.8, 4) is 66.8 Å². The topological polar surface area (TPSA) is 3.24 Å². The summed E-state index contributed by atoms with van der Waals surface area (Å²) >= 11 is 0. The lowest BCUT2D eigenvalue weighted by Crippen LogP contribution is -2.18. The first kappa shape index (κ1) is 36.8. The van der Waals surface area contributed by atoms with Gasteiger partial charge >= 0.3 is 0 Å². The Bertz CT molecular complexity index is 3120. The number of benzene rings is 9. The van der Waals surface area contributed by atoms with Crippen LogP contribution in [0.1, 0.15) is 49.9 Å². The Morgan fingerprint density at radius 1 is 0.279 bits per heavy atom. The summed E-state index contributed by atoms with van der Waals surface area (Å²) in [6.45, 7) is 9.55. The second-order valence-electron chi connectivity index (χ2n) is 17.7. The summed E-state index contributed by atoms with van der Waals surface area (Å²) in [4.78, 5) is 2.54. The summed E-state index contributed by atoms with van der Waals surface area (Å²) in [5.41, 5.74) is 23.4. The lowest BCUT2D eigenvalue weighted by atomic mass is 9.81. The number of anilines is 3. The summed E-state index contributed by atoms with van der Waals surface area (Å²) in [6.07, 6.45) is 0. The molecule has 0 spiro atoms. The number of fused-ring (bicyclic) bond motifs is 6. The molecule has 9 aromatic rings. The number of rotatable bonds is 7. The van der Waals surface area contributed by atoms with Crippen LogP contribution in [0.3, 0.4) is 0 Å². The van der Waals surface area contributed by atoms with Crippen LogP contribution >= 0.6 is 0 Å². The molecular formula is C60H47N. The Labute approximate surface area is 360 Å². The highest BCUT2D eigenvalue weighted by Crippen LogP contribution is 2.55. The van der Waals surface area contributed by atoms with Crippen LogP contribution in [-0.2, 0) is 10.8 Å². The predicted molar refractivity (Wildman–Crippen MR) is 258 cm³/mol. The van der Waals surface area contributed by atoms with Gasteiger partial charge in [-0.05, 0) is 120 Å². The molecule has 0 bridgehead atoms. The van der Waals surface area contributed by atoms with E-state index in [9.17, 15) is 0 Å². The third-order valence-corrected chi connectivity index (χ3v) is 13.5. The molecule has 9 aromatic carbocycles. The molecule has 2 aliphatic carbocycles. The number of nitrogens with zero attached hydrogens (tertiary/aromatic N) is 1. The zero-order valence-electron chi connectivity index (χ0n) is 35.2. The molecule has 1 heteroatoms. The van der Waals surface area contributed by atoms with Crippen molar-refractivity contribution in [3.63, 3.8) is 0 Å². The molecule has 0 aromatic heterocycles. The maximum atomic E-state index is 2.54. The fourth-order valence-electron chi connectivity index (χ4n) is 10.4.